The van der Waals surface area contributed by atoms with Crippen LogP contribution < -0.4 is 14.8 Å². The van der Waals surface area contributed by atoms with E-state index >= 15 is 0 Å². The highest BCUT2D eigenvalue weighted by Crippen LogP contribution is 2.27. The average molecular weight is 409 g/mol. The van der Waals surface area contributed by atoms with E-state index in [9.17, 15) is 13.2 Å². The molecule has 27 heavy (non-hydrogen) atoms. The van der Waals surface area contributed by atoms with Crippen LogP contribution in [0.15, 0.2) is 66.1 Å². The lowest BCUT2D eigenvalue weighted by Crippen LogP contribution is -2.48. The van der Waals surface area contributed by atoms with Gasteiger partial charge in [0.15, 0.2) is 0 Å². The minimum atomic E-state index is -3.97. The van der Waals surface area contributed by atoms with E-state index in [2.05, 4.69) is 16.6 Å². The maximum absolute atomic E-state index is 12.8. The molecule has 2 aromatic rings. The monoisotopic (exact) mass is 408 g/mol. The first kappa shape index (κ1) is 21.0. The molecular weight excluding hydrogens is 388 g/mol. The molecule has 0 unspecified atom stereocenters. The fourth-order valence-electron chi connectivity index (χ4n) is 2.40. The number of halogens is 1. The summed E-state index contributed by atoms with van der Waals surface area (Å²) < 4.78 is 33.0. The van der Waals surface area contributed by atoms with Gasteiger partial charge in [0.05, 0.1) is 17.0 Å². The molecule has 0 aliphatic carbocycles. The summed E-state index contributed by atoms with van der Waals surface area (Å²) >= 11 is 6.03. The molecule has 1 atom stereocenters. The predicted molar refractivity (Wildman–Crippen MR) is 105 cm³/mol. The first-order valence-electron chi connectivity index (χ1n) is 8.15. The van der Waals surface area contributed by atoms with Crippen molar-refractivity contribution in [3.63, 3.8) is 0 Å². The van der Waals surface area contributed by atoms with Crippen LogP contribution in [0.1, 0.15) is 5.56 Å². The summed E-state index contributed by atoms with van der Waals surface area (Å²) in [5, 5.41) is 2.79. The molecule has 0 heterocycles. The highest BCUT2D eigenvalue weighted by atomic mass is 35.5. The van der Waals surface area contributed by atoms with Gasteiger partial charge in [-0.15, -0.1) is 6.58 Å². The Morgan fingerprint density at radius 2 is 1.96 bits per heavy atom. The van der Waals surface area contributed by atoms with E-state index in [1.807, 2.05) is 30.3 Å². The van der Waals surface area contributed by atoms with Gasteiger partial charge in [0.1, 0.15) is 11.8 Å². The van der Waals surface area contributed by atoms with Crippen LogP contribution in [0.3, 0.4) is 0 Å². The number of rotatable bonds is 9. The fraction of sp³-hybridized carbons (Fsp3) is 0.211. The lowest BCUT2D eigenvalue weighted by Gasteiger charge is -2.18. The summed E-state index contributed by atoms with van der Waals surface area (Å²) in [5.74, 6) is -0.0814. The number of carbonyl (C=O) groups excluding carboxylic acids is 1. The van der Waals surface area contributed by atoms with Crippen molar-refractivity contribution in [1.29, 1.82) is 0 Å². The highest BCUT2D eigenvalue weighted by molar-refractivity contribution is 7.89. The van der Waals surface area contributed by atoms with Gasteiger partial charge in [0, 0.05) is 6.54 Å². The number of hydrogen-bond donors (Lipinski definition) is 2. The zero-order valence-corrected chi connectivity index (χ0v) is 16.4. The van der Waals surface area contributed by atoms with Crippen molar-refractivity contribution in [3.8, 4) is 5.75 Å². The standard InChI is InChI=1S/C19H21ClN2O4S/c1-3-11-21-19(23)17(12-14-7-5-4-6-8-14)22-27(24,25)15-9-10-18(26-2)16(20)13-15/h3-10,13,17,22H,1,11-12H2,2H3,(H,21,23)/t17-/m1/s1. The van der Waals surface area contributed by atoms with Crippen LogP contribution in [0.4, 0.5) is 0 Å². The molecule has 6 nitrogen and oxygen atoms in total. The Hall–Kier alpha value is -2.35. The van der Waals surface area contributed by atoms with Gasteiger partial charge in [0.2, 0.25) is 15.9 Å². The van der Waals surface area contributed by atoms with Crippen LogP contribution in [0.5, 0.6) is 5.75 Å². The Labute approximate surface area is 164 Å². The van der Waals surface area contributed by atoms with Crippen molar-refractivity contribution in [3.05, 3.63) is 71.8 Å². The molecule has 1 amide bonds. The largest absolute Gasteiger partial charge is 0.495 e. The Bertz CT molecular complexity index is 901. The summed E-state index contributed by atoms with van der Waals surface area (Å²) in [6, 6.07) is 12.3. The van der Waals surface area contributed by atoms with Gasteiger partial charge in [-0.2, -0.15) is 4.72 Å². The summed E-state index contributed by atoms with van der Waals surface area (Å²) in [4.78, 5) is 12.4. The Morgan fingerprint density at radius 1 is 1.26 bits per heavy atom. The third-order valence-corrected chi connectivity index (χ3v) is 5.52. The molecule has 0 saturated heterocycles. The van der Waals surface area contributed by atoms with Crippen molar-refractivity contribution in [1.82, 2.24) is 10.0 Å². The van der Waals surface area contributed by atoms with Crippen LogP contribution >= 0.6 is 11.6 Å². The maximum Gasteiger partial charge on any atom is 0.241 e. The first-order chi connectivity index (χ1) is 12.9. The molecule has 0 radical (unpaired) electrons. The second kappa shape index (κ2) is 9.55. The summed E-state index contributed by atoms with van der Waals surface area (Å²) in [7, 11) is -2.54. The van der Waals surface area contributed by atoms with E-state index in [4.69, 9.17) is 16.3 Å². The second-order valence-electron chi connectivity index (χ2n) is 5.69. The van der Waals surface area contributed by atoms with E-state index in [1.54, 1.807) is 0 Å². The van der Waals surface area contributed by atoms with Crippen LogP contribution in [0.2, 0.25) is 5.02 Å². The zero-order valence-electron chi connectivity index (χ0n) is 14.8. The van der Waals surface area contributed by atoms with E-state index in [-0.39, 0.29) is 22.9 Å². The van der Waals surface area contributed by atoms with E-state index in [0.29, 0.717) is 5.75 Å². The van der Waals surface area contributed by atoms with Crippen molar-refractivity contribution < 1.29 is 17.9 Å². The van der Waals surface area contributed by atoms with Gasteiger partial charge in [-0.25, -0.2) is 8.42 Å². The van der Waals surface area contributed by atoms with E-state index in [1.165, 1.54) is 31.4 Å². The van der Waals surface area contributed by atoms with Gasteiger partial charge < -0.3 is 10.1 Å². The predicted octanol–water partition coefficient (Wildman–Crippen LogP) is 2.54. The van der Waals surface area contributed by atoms with Crippen LogP contribution in [0, 0.1) is 0 Å². The molecule has 0 fully saturated rings. The topological polar surface area (TPSA) is 84.5 Å². The highest BCUT2D eigenvalue weighted by Gasteiger charge is 2.26. The molecule has 0 aliphatic rings. The molecule has 144 valence electrons. The zero-order chi connectivity index (χ0) is 19.9. The van der Waals surface area contributed by atoms with Gasteiger partial charge in [-0.3, -0.25) is 4.79 Å². The minimum absolute atomic E-state index is 0.0529. The van der Waals surface area contributed by atoms with E-state index < -0.39 is 22.0 Å². The average Bonchev–Trinajstić information content (AvgIpc) is 2.66. The van der Waals surface area contributed by atoms with Crippen molar-refractivity contribution in [2.24, 2.45) is 0 Å². The number of nitrogens with one attached hydrogen (secondary N) is 2. The quantitative estimate of drug-likeness (QED) is 0.624. The summed E-state index contributed by atoms with van der Waals surface area (Å²) in [6.45, 7) is 3.78. The first-order valence-corrected chi connectivity index (χ1v) is 10.0. The number of benzene rings is 2. The number of carbonyl (C=O) groups is 1. The van der Waals surface area contributed by atoms with Crippen molar-refractivity contribution in [2.45, 2.75) is 17.4 Å². The van der Waals surface area contributed by atoms with Crippen LogP contribution in [-0.2, 0) is 21.2 Å². The number of ether oxygens (including phenoxy) is 1. The molecule has 0 aromatic heterocycles. The molecule has 0 bridgehead atoms. The SMILES string of the molecule is C=CCNC(=O)[C@@H](Cc1ccccc1)NS(=O)(=O)c1ccc(OC)c(Cl)c1. The molecule has 0 saturated carbocycles. The van der Waals surface area contributed by atoms with Gasteiger partial charge in [-0.1, -0.05) is 48.0 Å². The minimum Gasteiger partial charge on any atom is -0.495 e. The Morgan fingerprint density at radius 3 is 2.56 bits per heavy atom. The third kappa shape index (κ3) is 5.82. The smallest absolute Gasteiger partial charge is 0.241 e. The normalized spacial score (nSPS) is 12.2. The molecule has 2 N–H and O–H groups in total. The fourth-order valence-corrected chi connectivity index (χ4v) is 3.95. The molecule has 8 heteroatoms. The summed E-state index contributed by atoms with van der Waals surface area (Å²) in [5.41, 5.74) is 0.826. The van der Waals surface area contributed by atoms with Gasteiger partial charge in [-0.05, 0) is 30.2 Å². The second-order valence-corrected chi connectivity index (χ2v) is 7.81. The molecule has 0 spiro atoms. The molecule has 2 aromatic carbocycles. The van der Waals surface area contributed by atoms with Crippen molar-refractivity contribution in [2.75, 3.05) is 13.7 Å². The van der Waals surface area contributed by atoms with Crippen LogP contribution in [-0.4, -0.2) is 34.0 Å². The third-order valence-electron chi connectivity index (χ3n) is 3.75. The molecular formula is C19H21ClN2O4S. The number of amides is 1. The van der Waals surface area contributed by atoms with Crippen LogP contribution in [0.25, 0.3) is 0 Å². The maximum atomic E-state index is 12.8. The van der Waals surface area contributed by atoms with E-state index in [0.717, 1.165) is 5.56 Å². The number of methoxy groups -OCH3 is 1. The van der Waals surface area contributed by atoms with Gasteiger partial charge in [0.25, 0.3) is 0 Å². The van der Waals surface area contributed by atoms with Gasteiger partial charge >= 0.3 is 0 Å². The van der Waals surface area contributed by atoms with Crippen molar-refractivity contribution >= 4 is 27.5 Å². The molecule has 2 rings (SSSR count). The lowest BCUT2D eigenvalue weighted by molar-refractivity contribution is -0.122. The lowest BCUT2D eigenvalue weighted by atomic mass is 10.1. The number of hydrogen-bond acceptors (Lipinski definition) is 4. The molecule has 0 aliphatic heterocycles. The summed E-state index contributed by atoms with van der Waals surface area (Å²) in [6.07, 6.45) is 1.72. The Balaban J connectivity index is 2.27. The Kier molecular flexibility index (Phi) is 7.41. The number of sulfonamides is 1.